The minimum Gasteiger partial charge on any atom is -0.349 e. The summed E-state index contributed by atoms with van der Waals surface area (Å²) in [5.74, 6) is -1.00. The molecule has 0 radical (unpaired) electrons. The van der Waals surface area contributed by atoms with Crippen LogP contribution < -0.4 is 5.32 Å². The van der Waals surface area contributed by atoms with E-state index in [2.05, 4.69) is 15.4 Å². The van der Waals surface area contributed by atoms with E-state index in [0.717, 1.165) is 5.56 Å². The fourth-order valence-corrected chi connectivity index (χ4v) is 3.19. The molecule has 1 N–H and O–H groups in total. The van der Waals surface area contributed by atoms with Crippen molar-refractivity contribution in [2.75, 3.05) is 13.1 Å². The number of carbonyl (C=O) groups is 2. The molecule has 1 aliphatic rings. The molecule has 8 heteroatoms. The zero-order valence-electron chi connectivity index (χ0n) is 14.9. The Bertz CT molecular complexity index is 807. The molecular weight excluding hydrogens is 337 g/mol. The zero-order chi connectivity index (χ0) is 18.7. The lowest BCUT2D eigenvalue weighted by atomic mass is 9.93. The van der Waals surface area contributed by atoms with Crippen LogP contribution in [0.15, 0.2) is 30.6 Å². The molecule has 26 heavy (non-hydrogen) atoms. The highest BCUT2D eigenvalue weighted by molar-refractivity contribution is 5.94. The second-order valence-corrected chi connectivity index (χ2v) is 6.63. The first-order chi connectivity index (χ1) is 12.4. The standard InChI is InChI=1S/C18H22FN5O2/c1-13-9-15(23(2)22-13)16(25)24-8-4-6-18(19,12-24)17(26)21-11-14-5-3-7-20-10-14/h3,5,7,9-10H,4,6,8,11-12H2,1-2H3,(H,21,26). The minimum absolute atomic E-state index is 0.0973. The van der Waals surface area contributed by atoms with Crippen LogP contribution in [0.1, 0.15) is 34.6 Å². The molecule has 1 saturated heterocycles. The molecule has 0 saturated carbocycles. The summed E-state index contributed by atoms with van der Waals surface area (Å²) >= 11 is 0. The van der Waals surface area contributed by atoms with Crippen LogP contribution >= 0.6 is 0 Å². The number of pyridine rings is 1. The van der Waals surface area contributed by atoms with Crippen molar-refractivity contribution in [2.45, 2.75) is 32.0 Å². The molecule has 0 aromatic carbocycles. The van der Waals surface area contributed by atoms with Crippen molar-refractivity contribution < 1.29 is 14.0 Å². The van der Waals surface area contributed by atoms with Gasteiger partial charge >= 0.3 is 0 Å². The number of piperidine rings is 1. The van der Waals surface area contributed by atoms with Gasteiger partial charge in [0.2, 0.25) is 5.67 Å². The Balaban J connectivity index is 1.67. The van der Waals surface area contributed by atoms with Crippen molar-refractivity contribution >= 4 is 11.8 Å². The average molecular weight is 359 g/mol. The summed E-state index contributed by atoms with van der Waals surface area (Å²) in [6, 6.07) is 5.22. The summed E-state index contributed by atoms with van der Waals surface area (Å²) in [6.07, 6.45) is 3.78. The van der Waals surface area contributed by atoms with E-state index in [4.69, 9.17) is 0 Å². The molecule has 3 rings (SSSR count). The molecule has 2 aromatic heterocycles. The van der Waals surface area contributed by atoms with Gasteiger partial charge in [-0.05, 0) is 37.5 Å². The van der Waals surface area contributed by atoms with Gasteiger partial charge < -0.3 is 10.2 Å². The number of hydrogen-bond acceptors (Lipinski definition) is 4. The highest BCUT2D eigenvalue weighted by Crippen LogP contribution is 2.27. The van der Waals surface area contributed by atoms with Crippen LogP contribution in [0.4, 0.5) is 4.39 Å². The van der Waals surface area contributed by atoms with Gasteiger partial charge in [-0.15, -0.1) is 0 Å². The van der Waals surface area contributed by atoms with Crippen molar-refractivity contribution in [1.82, 2.24) is 25.0 Å². The number of amides is 2. The lowest BCUT2D eigenvalue weighted by Crippen LogP contribution is -2.55. The van der Waals surface area contributed by atoms with Crippen molar-refractivity contribution in [3.8, 4) is 0 Å². The van der Waals surface area contributed by atoms with E-state index in [9.17, 15) is 9.59 Å². The lowest BCUT2D eigenvalue weighted by molar-refractivity contribution is -0.136. The molecule has 7 nitrogen and oxygen atoms in total. The molecule has 0 aliphatic carbocycles. The van der Waals surface area contributed by atoms with Crippen LogP contribution in [-0.2, 0) is 18.4 Å². The molecule has 2 aromatic rings. The van der Waals surface area contributed by atoms with Crippen LogP contribution in [0.5, 0.6) is 0 Å². The first-order valence-corrected chi connectivity index (χ1v) is 8.55. The third kappa shape index (κ3) is 3.74. The number of halogens is 1. The van der Waals surface area contributed by atoms with Gasteiger partial charge in [0.25, 0.3) is 11.8 Å². The van der Waals surface area contributed by atoms with Gasteiger partial charge in [-0.3, -0.25) is 19.3 Å². The van der Waals surface area contributed by atoms with Gasteiger partial charge in [-0.25, -0.2) is 4.39 Å². The largest absolute Gasteiger partial charge is 0.349 e. The van der Waals surface area contributed by atoms with Crippen LogP contribution in [0, 0.1) is 6.92 Å². The number of nitrogens with one attached hydrogen (secondary N) is 1. The van der Waals surface area contributed by atoms with Gasteiger partial charge in [-0.1, -0.05) is 6.07 Å². The molecule has 0 bridgehead atoms. The third-order valence-electron chi connectivity index (χ3n) is 4.53. The van der Waals surface area contributed by atoms with E-state index in [1.807, 2.05) is 0 Å². The summed E-state index contributed by atoms with van der Waals surface area (Å²) in [4.78, 5) is 30.4. The van der Waals surface area contributed by atoms with Gasteiger partial charge in [-0.2, -0.15) is 5.10 Å². The number of hydrogen-bond donors (Lipinski definition) is 1. The Morgan fingerprint density at radius 2 is 2.23 bits per heavy atom. The Morgan fingerprint density at radius 1 is 1.42 bits per heavy atom. The third-order valence-corrected chi connectivity index (χ3v) is 4.53. The molecular formula is C18H22FN5O2. The normalized spacial score (nSPS) is 20.0. The Kier molecular flexibility index (Phi) is 5.01. The van der Waals surface area contributed by atoms with Crippen molar-refractivity contribution in [2.24, 2.45) is 7.05 Å². The molecule has 1 fully saturated rings. The monoisotopic (exact) mass is 359 g/mol. The first-order valence-electron chi connectivity index (χ1n) is 8.55. The van der Waals surface area contributed by atoms with E-state index >= 15 is 4.39 Å². The Morgan fingerprint density at radius 3 is 2.88 bits per heavy atom. The number of aryl methyl sites for hydroxylation is 2. The molecule has 1 atom stereocenters. The summed E-state index contributed by atoms with van der Waals surface area (Å²) < 4.78 is 16.7. The molecule has 2 amide bonds. The van der Waals surface area contributed by atoms with Crippen LogP contribution in [-0.4, -0.2) is 50.2 Å². The second-order valence-electron chi connectivity index (χ2n) is 6.63. The van der Waals surface area contributed by atoms with Crippen LogP contribution in [0.2, 0.25) is 0 Å². The number of likely N-dealkylation sites (tertiary alicyclic amines) is 1. The van der Waals surface area contributed by atoms with Crippen molar-refractivity contribution in [3.63, 3.8) is 0 Å². The van der Waals surface area contributed by atoms with E-state index in [0.29, 0.717) is 24.4 Å². The maximum absolute atomic E-state index is 15.3. The van der Waals surface area contributed by atoms with E-state index in [1.54, 1.807) is 44.6 Å². The lowest BCUT2D eigenvalue weighted by Gasteiger charge is -2.36. The summed E-state index contributed by atoms with van der Waals surface area (Å²) in [7, 11) is 1.67. The minimum atomic E-state index is -2.09. The predicted molar refractivity (Wildman–Crippen MR) is 93.0 cm³/mol. The fourth-order valence-electron chi connectivity index (χ4n) is 3.19. The van der Waals surface area contributed by atoms with Crippen molar-refractivity contribution in [3.05, 3.63) is 47.5 Å². The highest BCUT2D eigenvalue weighted by Gasteiger charge is 2.44. The molecule has 1 unspecified atom stereocenters. The molecule has 138 valence electrons. The number of alkyl halides is 1. The quantitative estimate of drug-likeness (QED) is 0.894. The fraction of sp³-hybridized carbons (Fsp3) is 0.444. The van der Waals surface area contributed by atoms with Crippen molar-refractivity contribution in [1.29, 1.82) is 0 Å². The Hall–Kier alpha value is -2.77. The van der Waals surface area contributed by atoms with Gasteiger partial charge in [0.15, 0.2) is 0 Å². The number of aromatic nitrogens is 3. The van der Waals surface area contributed by atoms with Crippen LogP contribution in [0.25, 0.3) is 0 Å². The summed E-state index contributed by atoms with van der Waals surface area (Å²) in [5.41, 5.74) is -0.196. The van der Waals surface area contributed by atoms with Crippen LogP contribution in [0.3, 0.4) is 0 Å². The summed E-state index contributed by atoms with van der Waals surface area (Å²) in [6.45, 7) is 2.16. The topological polar surface area (TPSA) is 80.1 Å². The highest BCUT2D eigenvalue weighted by atomic mass is 19.1. The molecule has 0 spiro atoms. The van der Waals surface area contributed by atoms with E-state index in [-0.39, 0.29) is 25.4 Å². The first kappa shape index (κ1) is 18.0. The smallest absolute Gasteiger partial charge is 0.272 e. The maximum Gasteiger partial charge on any atom is 0.272 e. The Labute approximate surface area is 151 Å². The van der Waals surface area contributed by atoms with E-state index in [1.165, 1.54) is 9.58 Å². The average Bonchev–Trinajstić information content (AvgIpc) is 2.98. The zero-order valence-corrected chi connectivity index (χ0v) is 14.9. The maximum atomic E-state index is 15.3. The number of rotatable bonds is 4. The van der Waals surface area contributed by atoms with E-state index < -0.39 is 11.6 Å². The van der Waals surface area contributed by atoms with Gasteiger partial charge in [0.05, 0.1) is 12.2 Å². The SMILES string of the molecule is Cc1cc(C(=O)N2CCCC(F)(C(=O)NCc3cccnc3)C2)n(C)n1. The number of carbonyl (C=O) groups excluding carboxylic acids is 2. The summed E-state index contributed by atoms with van der Waals surface area (Å²) in [5, 5.41) is 6.77. The molecule has 1 aliphatic heterocycles. The molecule has 3 heterocycles. The number of nitrogens with zero attached hydrogens (tertiary/aromatic N) is 4. The van der Waals surface area contributed by atoms with Gasteiger partial charge in [0, 0.05) is 32.5 Å². The predicted octanol–water partition coefficient (Wildman–Crippen LogP) is 1.38. The van der Waals surface area contributed by atoms with Gasteiger partial charge in [0.1, 0.15) is 5.69 Å². The second kappa shape index (κ2) is 7.23.